The summed E-state index contributed by atoms with van der Waals surface area (Å²) in [6, 6.07) is 7.21. The average molecular weight is 399 g/mol. The van der Waals surface area contributed by atoms with E-state index in [2.05, 4.69) is 9.72 Å². The van der Waals surface area contributed by atoms with E-state index in [0.29, 0.717) is 5.56 Å². The van der Waals surface area contributed by atoms with Crippen molar-refractivity contribution in [2.45, 2.75) is 25.7 Å². The predicted molar refractivity (Wildman–Crippen MR) is 91.9 cm³/mol. The van der Waals surface area contributed by atoms with E-state index in [0.717, 1.165) is 12.1 Å². The van der Waals surface area contributed by atoms with Crippen LogP contribution in [0.5, 0.6) is 0 Å². The van der Waals surface area contributed by atoms with Gasteiger partial charge in [-0.25, -0.2) is 14.2 Å². The molecule has 28 heavy (non-hydrogen) atoms. The molecule has 0 fully saturated rings. The van der Waals surface area contributed by atoms with Crippen molar-refractivity contribution in [3.8, 4) is 0 Å². The summed E-state index contributed by atoms with van der Waals surface area (Å²) in [5.74, 6) is -4.65. The van der Waals surface area contributed by atoms with Gasteiger partial charge in [0.05, 0.1) is 12.2 Å². The van der Waals surface area contributed by atoms with Gasteiger partial charge in [0, 0.05) is 6.20 Å². The lowest BCUT2D eigenvalue weighted by Crippen LogP contribution is -2.69. The number of alkyl halides is 3. The zero-order valence-corrected chi connectivity index (χ0v) is 14.9. The molecular formula is C18H17F4N3O3. The van der Waals surface area contributed by atoms with Crippen LogP contribution in [-0.4, -0.2) is 35.3 Å². The van der Waals surface area contributed by atoms with E-state index in [4.69, 9.17) is 0 Å². The Bertz CT molecular complexity index is 873. The van der Waals surface area contributed by atoms with Crippen LogP contribution in [0.1, 0.15) is 22.8 Å². The van der Waals surface area contributed by atoms with E-state index in [9.17, 15) is 27.2 Å². The minimum atomic E-state index is -5.34. The molecule has 2 N–H and O–H groups in total. The number of nitrogens with zero attached hydrogens (tertiary/aromatic N) is 1. The summed E-state index contributed by atoms with van der Waals surface area (Å²) in [5, 5.41) is 3.46. The molecule has 0 spiro atoms. The number of amides is 1. The molecule has 10 heteroatoms. The van der Waals surface area contributed by atoms with Gasteiger partial charge >= 0.3 is 17.8 Å². The molecule has 1 aromatic carbocycles. The number of hydrogen-bond acceptors (Lipinski definition) is 5. The molecule has 0 saturated heterocycles. The molecule has 2 rings (SSSR count). The molecule has 150 valence electrons. The monoisotopic (exact) mass is 399 g/mol. The normalized spacial score (nSPS) is 13.4. The average Bonchev–Trinajstić information content (AvgIpc) is 2.60. The summed E-state index contributed by atoms with van der Waals surface area (Å²) in [5.41, 5.74) is -3.79. The minimum absolute atomic E-state index is 0.334. The van der Waals surface area contributed by atoms with Gasteiger partial charge in [-0.1, -0.05) is 12.1 Å². The molecule has 0 saturated carbocycles. The Kier molecular flexibility index (Phi) is 6.22. The highest BCUT2D eigenvalue weighted by molar-refractivity contribution is 5.99. The van der Waals surface area contributed by atoms with E-state index in [-0.39, 0.29) is 12.4 Å². The zero-order chi connectivity index (χ0) is 20.9. The Morgan fingerprint density at radius 1 is 1.18 bits per heavy atom. The van der Waals surface area contributed by atoms with Gasteiger partial charge in [0.25, 0.3) is 5.91 Å². The molecular weight excluding hydrogens is 382 g/mol. The molecule has 1 heterocycles. The smallest absolute Gasteiger partial charge is 0.441 e. The summed E-state index contributed by atoms with van der Waals surface area (Å²) in [7, 11) is 0. The van der Waals surface area contributed by atoms with Gasteiger partial charge in [0.1, 0.15) is 11.6 Å². The molecule has 0 radical (unpaired) electrons. The van der Waals surface area contributed by atoms with Crippen molar-refractivity contribution in [1.82, 2.24) is 10.3 Å². The number of nitrogens with one attached hydrogen (secondary N) is 2. The van der Waals surface area contributed by atoms with Crippen molar-refractivity contribution < 1.29 is 31.9 Å². The third-order valence-electron chi connectivity index (χ3n) is 3.66. The number of aromatic nitrogens is 1. The van der Waals surface area contributed by atoms with Crippen LogP contribution < -0.4 is 10.6 Å². The van der Waals surface area contributed by atoms with Crippen LogP contribution in [0.4, 0.5) is 23.4 Å². The molecule has 0 aliphatic carbocycles. The van der Waals surface area contributed by atoms with Crippen molar-refractivity contribution in [1.29, 1.82) is 0 Å². The number of rotatable bonds is 6. The van der Waals surface area contributed by atoms with Crippen LogP contribution in [0.25, 0.3) is 0 Å². The molecule has 0 aliphatic rings. The molecule has 6 nitrogen and oxygen atoms in total. The second-order valence-corrected chi connectivity index (χ2v) is 5.75. The van der Waals surface area contributed by atoms with Gasteiger partial charge in [0.2, 0.25) is 0 Å². The van der Waals surface area contributed by atoms with E-state index >= 15 is 0 Å². The van der Waals surface area contributed by atoms with Gasteiger partial charge in [-0.3, -0.25) is 4.79 Å². The number of carbonyl (C=O) groups is 2. The third-order valence-corrected chi connectivity index (χ3v) is 3.66. The number of anilines is 1. The van der Waals surface area contributed by atoms with Crippen molar-refractivity contribution in [3.63, 3.8) is 0 Å². The fourth-order valence-electron chi connectivity index (χ4n) is 2.31. The van der Waals surface area contributed by atoms with Crippen molar-refractivity contribution in [2.75, 3.05) is 11.9 Å². The standard InChI is InChI=1S/C18H17F4N3O3/c1-3-28-16(27)17(18(20,21)22,24-14-10-11(2)8-9-23-14)25-15(26)12-6-4-5-7-13(12)19/h4-10H,3H2,1-2H3,(H,23,24)(H,25,26)/t17-/m1/s1. The lowest BCUT2D eigenvalue weighted by molar-refractivity contribution is -0.204. The van der Waals surface area contributed by atoms with Gasteiger partial charge in [-0.15, -0.1) is 0 Å². The Labute approximate surface area is 157 Å². The lowest BCUT2D eigenvalue weighted by atomic mass is 10.1. The highest BCUT2D eigenvalue weighted by Crippen LogP contribution is 2.33. The predicted octanol–water partition coefficient (Wildman–Crippen LogP) is 3.19. The Morgan fingerprint density at radius 3 is 2.43 bits per heavy atom. The highest BCUT2D eigenvalue weighted by Gasteiger charge is 2.64. The quantitative estimate of drug-likeness (QED) is 0.443. The van der Waals surface area contributed by atoms with Crippen molar-refractivity contribution in [2.24, 2.45) is 0 Å². The molecule has 1 aromatic heterocycles. The van der Waals surface area contributed by atoms with Crippen LogP contribution >= 0.6 is 0 Å². The second-order valence-electron chi connectivity index (χ2n) is 5.75. The Balaban J connectivity index is 2.54. The van der Waals surface area contributed by atoms with E-state index < -0.39 is 35.1 Å². The van der Waals surface area contributed by atoms with Crippen LogP contribution in [0.3, 0.4) is 0 Å². The summed E-state index contributed by atoms with van der Waals surface area (Å²) < 4.78 is 60.4. The molecule has 0 unspecified atom stereocenters. The molecule has 0 aliphatic heterocycles. The Morgan fingerprint density at radius 2 is 1.86 bits per heavy atom. The summed E-state index contributed by atoms with van der Waals surface area (Å²) >= 11 is 0. The van der Waals surface area contributed by atoms with Crippen molar-refractivity contribution in [3.05, 3.63) is 59.5 Å². The number of ether oxygens (including phenoxy) is 1. The zero-order valence-electron chi connectivity index (χ0n) is 14.9. The first kappa shape index (κ1) is 21.1. The number of halogens is 4. The van der Waals surface area contributed by atoms with Crippen LogP contribution in [0.15, 0.2) is 42.6 Å². The highest BCUT2D eigenvalue weighted by atomic mass is 19.4. The summed E-state index contributed by atoms with van der Waals surface area (Å²) in [6.07, 6.45) is -4.12. The Hall–Kier alpha value is -3.17. The number of carbonyl (C=O) groups excluding carboxylic acids is 2. The number of benzene rings is 1. The second kappa shape index (κ2) is 8.24. The van der Waals surface area contributed by atoms with Gasteiger partial charge in [0.15, 0.2) is 0 Å². The largest absolute Gasteiger partial charge is 0.463 e. The first-order valence-electron chi connectivity index (χ1n) is 8.12. The number of pyridine rings is 1. The van der Waals surface area contributed by atoms with Crippen molar-refractivity contribution >= 4 is 17.7 Å². The maximum absolute atomic E-state index is 14.0. The number of hydrogen-bond donors (Lipinski definition) is 2. The first-order chi connectivity index (χ1) is 13.1. The summed E-state index contributed by atoms with van der Waals surface area (Å²) in [6.45, 7) is 2.53. The maximum atomic E-state index is 14.0. The topological polar surface area (TPSA) is 80.3 Å². The van der Waals surface area contributed by atoms with Gasteiger partial charge < -0.3 is 15.4 Å². The minimum Gasteiger partial charge on any atom is -0.463 e. The fourth-order valence-corrected chi connectivity index (χ4v) is 2.31. The summed E-state index contributed by atoms with van der Waals surface area (Å²) in [4.78, 5) is 28.4. The van der Waals surface area contributed by atoms with E-state index in [1.165, 1.54) is 37.4 Å². The number of esters is 1. The molecule has 0 bridgehead atoms. The first-order valence-corrected chi connectivity index (χ1v) is 8.12. The maximum Gasteiger partial charge on any atom is 0.441 e. The third kappa shape index (κ3) is 4.38. The molecule has 1 amide bonds. The molecule has 1 atom stereocenters. The van der Waals surface area contributed by atoms with Gasteiger partial charge in [-0.05, 0) is 43.7 Å². The van der Waals surface area contributed by atoms with Crippen LogP contribution in [-0.2, 0) is 9.53 Å². The SMILES string of the molecule is CCOC(=O)[C@](NC(=O)c1ccccc1F)(Nc1cc(C)ccn1)C(F)(F)F. The fraction of sp³-hybridized carbons (Fsp3) is 0.278. The van der Waals surface area contributed by atoms with E-state index in [1.807, 2.05) is 5.32 Å². The van der Waals surface area contributed by atoms with Crippen LogP contribution in [0, 0.1) is 12.7 Å². The van der Waals surface area contributed by atoms with Gasteiger partial charge in [-0.2, -0.15) is 13.2 Å². The molecule has 2 aromatic rings. The lowest BCUT2D eigenvalue weighted by Gasteiger charge is -2.35. The van der Waals surface area contributed by atoms with Crippen LogP contribution in [0.2, 0.25) is 0 Å². The van der Waals surface area contributed by atoms with E-state index in [1.54, 1.807) is 12.2 Å². The number of aryl methyl sites for hydroxylation is 1.